The van der Waals surface area contributed by atoms with E-state index in [0.717, 1.165) is 3.57 Å². The number of rotatable bonds is 2. The zero-order valence-corrected chi connectivity index (χ0v) is 14.0. The summed E-state index contributed by atoms with van der Waals surface area (Å²) >= 11 is 2.19. The van der Waals surface area contributed by atoms with E-state index in [1.165, 1.54) is 4.90 Å². The van der Waals surface area contributed by atoms with Gasteiger partial charge in [0, 0.05) is 21.9 Å². The van der Waals surface area contributed by atoms with E-state index in [-0.39, 0.29) is 18.4 Å². The number of hydrogen-bond donors (Lipinski definition) is 1. The predicted octanol–water partition coefficient (Wildman–Crippen LogP) is 2.90. The number of likely N-dealkylation sites (N-methyl/N-ethyl adjacent to an activating group) is 1. The number of hydrogen-bond acceptors (Lipinski definition) is 3. The Morgan fingerprint density at radius 2 is 1.95 bits per heavy atom. The van der Waals surface area contributed by atoms with Gasteiger partial charge in [-0.15, -0.1) is 0 Å². The first-order valence-electron chi connectivity index (χ1n) is 6.65. The lowest BCUT2D eigenvalue weighted by molar-refractivity contribution is -0.120. The van der Waals surface area contributed by atoms with E-state index < -0.39 is 0 Å². The lowest BCUT2D eigenvalue weighted by Crippen LogP contribution is -2.35. The summed E-state index contributed by atoms with van der Waals surface area (Å²) in [5, 5.41) is 2.83. The van der Waals surface area contributed by atoms with Gasteiger partial charge >= 0.3 is 0 Å². The molecule has 0 aromatic heterocycles. The van der Waals surface area contributed by atoms with Gasteiger partial charge in [-0.2, -0.15) is 0 Å². The Morgan fingerprint density at radius 3 is 2.68 bits per heavy atom. The van der Waals surface area contributed by atoms with E-state index in [4.69, 9.17) is 4.74 Å². The SMILES string of the molecule is CN1C(=O)COc2ccc(NC(=O)c3ccc(I)cc3)cc21. The molecule has 6 heteroatoms. The van der Waals surface area contributed by atoms with Crippen molar-refractivity contribution in [2.45, 2.75) is 0 Å². The first kappa shape index (κ1) is 14.8. The third kappa shape index (κ3) is 2.92. The Bertz CT molecular complexity index is 744. The lowest BCUT2D eigenvalue weighted by atomic mass is 10.2. The molecule has 2 aromatic rings. The van der Waals surface area contributed by atoms with Crippen molar-refractivity contribution in [3.63, 3.8) is 0 Å². The molecule has 5 nitrogen and oxygen atoms in total. The topological polar surface area (TPSA) is 58.6 Å². The van der Waals surface area contributed by atoms with Crippen LogP contribution in [0.3, 0.4) is 0 Å². The number of ether oxygens (including phenoxy) is 1. The number of anilines is 2. The molecule has 1 N–H and O–H groups in total. The fourth-order valence-corrected chi connectivity index (χ4v) is 2.51. The van der Waals surface area contributed by atoms with Crippen LogP contribution < -0.4 is 15.0 Å². The monoisotopic (exact) mass is 408 g/mol. The summed E-state index contributed by atoms with van der Waals surface area (Å²) in [5.74, 6) is 0.324. The second-order valence-electron chi connectivity index (χ2n) is 4.88. The Labute approximate surface area is 141 Å². The lowest BCUT2D eigenvalue weighted by Gasteiger charge is -2.26. The van der Waals surface area contributed by atoms with Crippen molar-refractivity contribution in [3.8, 4) is 5.75 Å². The molecule has 1 heterocycles. The largest absolute Gasteiger partial charge is 0.482 e. The molecule has 0 bridgehead atoms. The van der Waals surface area contributed by atoms with Crippen LogP contribution in [0.15, 0.2) is 42.5 Å². The first-order chi connectivity index (χ1) is 10.5. The Morgan fingerprint density at radius 1 is 1.23 bits per heavy atom. The molecule has 0 aliphatic carbocycles. The highest BCUT2D eigenvalue weighted by Gasteiger charge is 2.22. The fourth-order valence-electron chi connectivity index (χ4n) is 2.15. The van der Waals surface area contributed by atoms with Gasteiger partial charge in [0.15, 0.2) is 6.61 Å². The maximum Gasteiger partial charge on any atom is 0.264 e. The summed E-state index contributed by atoms with van der Waals surface area (Å²) in [6, 6.07) is 12.5. The van der Waals surface area contributed by atoms with Crippen molar-refractivity contribution in [1.29, 1.82) is 0 Å². The average Bonchev–Trinajstić information content (AvgIpc) is 2.52. The van der Waals surface area contributed by atoms with Crippen molar-refractivity contribution < 1.29 is 14.3 Å². The Hall–Kier alpha value is -2.09. The molecule has 112 valence electrons. The number of carbonyl (C=O) groups excluding carboxylic acids is 2. The number of fused-ring (bicyclic) bond motifs is 1. The maximum atomic E-state index is 12.2. The Kier molecular flexibility index (Phi) is 4.02. The minimum atomic E-state index is -0.193. The number of halogens is 1. The number of nitrogens with zero attached hydrogens (tertiary/aromatic N) is 1. The summed E-state index contributed by atoms with van der Waals surface area (Å²) < 4.78 is 6.43. The maximum absolute atomic E-state index is 12.2. The van der Waals surface area contributed by atoms with Gasteiger partial charge in [-0.05, 0) is 65.1 Å². The molecule has 0 saturated carbocycles. The molecule has 0 unspecified atom stereocenters. The molecular weight excluding hydrogens is 395 g/mol. The van der Waals surface area contributed by atoms with Gasteiger partial charge in [0.25, 0.3) is 11.8 Å². The molecule has 2 aromatic carbocycles. The highest BCUT2D eigenvalue weighted by molar-refractivity contribution is 14.1. The molecular formula is C16H13IN2O3. The van der Waals surface area contributed by atoms with Crippen molar-refractivity contribution in [2.24, 2.45) is 0 Å². The van der Waals surface area contributed by atoms with Crippen LogP contribution in [0.2, 0.25) is 0 Å². The zero-order valence-electron chi connectivity index (χ0n) is 11.8. The van der Waals surface area contributed by atoms with Gasteiger partial charge in [0.1, 0.15) is 5.75 Å². The first-order valence-corrected chi connectivity index (χ1v) is 7.73. The van der Waals surface area contributed by atoms with Gasteiger partial charge in [-0.25, -0.2) is 0 Å². The highest BCUT2D eigenvalue weighted by Crippen LogP contribution is 2.33. The fraction of sp³-hybridized carbons (Fsp3) is 0.125. The van der Waals surface area contributed by atoms with Gasteiger partial charge in [0.2, 0.25) is 0 Å². The molecule has 2 amide bonds. The van der Waals surface area contributed by atoms with Crippen molar-refractivity contribution in [2.75, 3.05) is 23.9 Å². The second-order valence-corrected chi connectivity index (χ2v) is 6.13. The van der Waals surface area contributed by atoms with Crippen molar-refractivity contribution in [3.05, 3.63) is 51.6 Å². The van der Waals surface area contributed by atoms with E-state index >= 15 is 0 Å². The highest BCUT2D eigenvalue weighted by atomic mass is 127. The normalized spacial score (nSPS) is 13.4. The van der Waals surface area contributed by atoms with Crippen molar-refractivity contribution >= 4 is 45.8 Å². The summed E-state index contributed by atoms with van der Waals surface area (Å²) in [7, 11) is 1.69. The third-order valence-corrected chi connectivity index (χ3v) is 4.13. The summed E-state index contributed by atoms with van der Waals surface area (Å²) in [5.41, 5.74) is 1.85. The van der Waals surface area contributed by atoms with Crippen LogP contribution in [0.4, 0.5) is 11.4 Å². The standard InChI is InChI=1S/C16H13IN2O3/c1-19-13-8-12(6-7-14(13)22-9-15(19)20)18-16(21)10-2-4-11(17)5-3-10/h2-8H,9H2,1H3,(H,18,21). The molecule has 0 atom stereocenters. The van der Waals surface area contributed by atoms with Crippen LogP contribution >= 0.6 is 22.6 Å². The molecule has 0 radical (unpaired) electrons. The van der Waals surface area contributed by atoms with Gasteiger partial charge < -0.3 is 15.0 Å². The molecule has 0 spiro atoms. The average molecular weight is 408 g/mol. The van der Waals surface area contributed by atoms with Crippen LogP contribution in [-0.4, -0.2) is 25.5 Å². The summed E-state index contributed by atoms with van der Waals surface area (Å²) in [4.78, 5) is 25.4. The number of benzene rings is 2. The van der Waals surface area contributed by atoms with Crippen molar-refractivity contribution in [1.82, 2.24) is 0 Å². The van der Waals surface area contributed by atoms with Crippen LogP contribution in [0.25, 0.3) is 0 Å². The third-order valence-electron chi connectivity index (χ3n) is 3.41. The van der Waals surface area contributed by atoms with Crippen LogP contribution in [0.5, 0.6) is 5.75 Å². The Balaban J connectivity index is 1.83. The molecule has 0 fully saturated rings. The molecule has 1 aliphatic heterocycles. The summed E-state index contributed by atoms with van der Waals surface area (Å²) in [6.07, 6.45) is 0. The minimum Gasteiger partial charge on any atom is -0.482 e. The van der Waals surface area contributed by atoms with Crippen LogP contribution in [-0.2, 0) is 4.79 Å². The smallest absolute Gasteiger partial charge is 0.264 e. The second kappa shape index (κ2) is 5.96. The molecule has 0 saturated heterocycles. The van der Waals surface area contributed by atoms with Gasteiger partial charge in [0.05, 0.1) is 5.69 Å². The quantitative estimate of drug-likeness (QED) is 0.778. The van der Waals surface area contributed by atoms with E-state index in [1.807, 2.05) is 12.1 Å². The van der Waals surface area contributed by atoms with Crippen LogP contribution in [0.1, 0.15) is 10.4 Å². The van der Waals surface area contributed by atoms with Gasteiger partial charge in [-0.1, -0.05) is 0 Å². The zero-order chi connectivity index (χ0) is 15.7. The number of nitrogens with one attached hydrogen (secondary N) is 1. The molecule has 22 heavy (non-hydrogen) atoms. The van der Waals surface area contributed by atoms with E-state index in [2.05, 4.69) is 27.9 Å². The van der Waals surface area contributed by atoms with E-state index in [9.17, 15) is 9.59 Å². The number of amides is 2. The van der Waals surface area contributed by atoms with E-state index in [0.29, 0.717) is 22.7 Å². The molecule has 3 rings (SSSR count). The summed E-state index contributed by atoms with van der Waals surface area (Å²) in [6.45, 7) is 0.0395. The van der Waals surface area contributed by atoms with Crippen LogP contribution in [0, 0.1) is 3.57 Å². The van der Waals surface area contributed by atoms with Gasteiger partial charge in [-0.3, -0.25) is 9.59 Å². The predicted molar refractivity (Wildman–Crippen MR) is 92.5 cm³/mol. The molecule has 1 aliphatic rings. The van der Waals surface area contributed by atoms with E-state index in [1.54, 1.807) is 37.4 Å². The minimum absolute atomic E-state index is 0.0395. The number of carbonyl (C=O) groups is 2.